The summed E-state index contributed by atoms with van der Waals surface area (Å²) < 4.78 is 16.7. The fourth-order valence-electron chi connectivity index (χ4n) is 4.45. The van der Waals surface area contributed by atoms with Crippen molar-refractivity contribution in [2.24, 2.45) is 5.11 Å². The summed E-state index contributed by atoms with van der Waals surface area (Å²) in [6.45, 7) is 13.9. The smallest absolute Gasteiger partial charge is 0.410 e. The SMILES string of the molecule is C=C/C=C(/C#CCCN(CCOCCCOCCCN=[N+]=[N-])C(=O)OC(C)(C)C)C1=C(C)C(=O)N(C2CCC(=O)NC2=O)C1. The highest BCUT2D eigenvalue weighted by Crippen LogP contribution is 2.28. The molecule has 0 saturated carbocycles. The van der Waals surface area contributed by atoms with Crippen LogP contribution in [0, 0.1) is 11.8 Å². The maximum atomic E-state index is 13.0. The number of carbonyl (C=O) groups excluding carboxylic acids is 4. The average molecular weight is 613 g/mol. The summed E-state index contributed by atoms with van der Waals surface area (Å²) in [6.07, 6.45) is 5.00. The van der Waals surface area contributed by atoms with Gasteiger partial charge in [0.15, 0.2) is 0 Å². The maximum Gasteiger partial charge on any atom is 0.410 e. The van der Waals surface area contributed by atoms with E-state index in [1.165, 1.54) is 4.90 Å². The second-order valence-electron chi connectivity index (χ2n) is 11.2. The van der Waals surface area contributed by atoms with E-state index >= 15 is 0 Å². The Balaban J connectivity index is 1.94. The first kappa shape index (κ1) is 36.1. The second-order valence-corrected chi connectivity index (χ2v) is 11.2. The molecule has 1 atom stereocenters. The van der Waals surface area contributed by atoms with Crippen molar-refractivity contribution in [3.63, 3.8) is 0 Å². The molecule has 0 aliphatic carbocycles. The van der Waals surface area contributed by atoms with Crippen molar-refractivity contribution in [1.82, 2.24) is 15.1 Å². The van der Waals surface area contributed by atoms with Gasteiger partial charge in [0, 0.05) is 74.9 Å². The van der Waals surface area contributed by atoms with Gasteiger partial charge in [-0.3, -0.25) is 19.7 Å². The van der Waals surface area contributed by atoms with Gasteiger partial charge in [-0.1, -0.05) is 29.6 Å². The van der Waals surface area contributed by atoms with E-state index in [9.17, 15) is 19.2 Å². The molecule has 1 unspecified atom stereocenters. The third-order valence-corrected chi connectivity index (χ3v) is 6.63. The lowest BCUT2D eigenvalue weighted by molar-refractivity contribution is -0.142. The van der Waals surface area contributed by atoms with Gasteiger partial charge >= 0.3 is 6.09 Å². The Morgan fingerprint density at radius 2 is 1.89 bits per heavy atom. The van der Waals surface area contributed by atoms with Crippen molar-refractivity contribution < 1.29 is 33.4 Å². The molecule has 0 radical (unpaired) electrons. The van der Waals surface area contributed by atoms with Gasteiger partial charge in [0.1, 0.15) is 11.6 Å². The second kappa shape index (κ2) is 18.5. The number of nitrogens with one attached hydrogen (secondary N) is 1. The van der Waals surface area contributed by atoms with E-state index in [0.717, 1.165) is 0 Å². The fraction of sp³-hybridized carbons (Fsp3) is 0.613. The topological polar surface area (TPSA) is 163 Å². The van der Waals surface area contributed by atoms with Gasteiger partial charge in [0.2, 0.25) is 11.8 Å². The van der Waals surface area contributed by atoms with Crippen molar-refractivity contribution in [2.75, 3.05) is 52.6 Å². The molecule has 44 heavy (non-hydrogen) atoms. The largest absolute Gasteiger partial charge is 0.444 e. The molecule has 1 saturated heterocycles. The van der Waals surface area contributed by atoms with Gasteiger partial charge < -0.3 is 24.0 Å². The Morgan fingerprint density at radius 3 is 2.55 bits per heavy atom. The van der Waals surface area contributed by atoms with E-state index in [0.29, 0.717) is 82.0 Å². The van der Waals surface area contributed by atoms with Crippen LogP contribution in [0.3, 0.4) is 0 Å². The number of amides is 4. The number of azide groups is 1. The lowest BCUT2D eigenvalue weighted by Gasteiger charge is -2.29. The Hall–Kier alpha value is -4.11. The summed E-state index contributed by atoms with van der Waals surface area (Å²) >= 11 is 0. The monoisotopic (exact) mass is 612 g/mol. The molecule has 2 rings (SSSR count). The summed E-state index contributed by atoms with van der Waals surface area (Å²) in [7, 11) is 0. The quantitative estimate of drug-likeness (QED) is 0.0527. The van der Waals surface area contributed by atoms with Crippen molar-refractivity contribution in [1.29, 1.82) is 0 Å². The highest BCUT2D eigenvalue weighted by Gasteiger charge is 2.39. The highest BCUT2D eigenvalue weighted by molar-refractivity contribution is 6.05. The van der Waals surface area contributed by atoms with Crippen LogP contribution in [0.25, 0.3) is 10.4 Å². The molecule has 0 spiro atoms. The molecule has 240 valence electrons. The lowest BCUT2D eigenvalue weighted by Crippen LogP contribution is -2.53. The zero-order chi connectivity index (χ0) is 32.5. The van der Waals surface area contributed by atoms with E-state index in [1.807, 2.05) is 0 Å². The number of hydrogen-bond donors (Lipinski definition) is 1. The number of ether oxygens (including phenoxy) is 3. The van der Waals surface area contributed by atoms with Gasteiger partial charge in [-0.2, -0.15) is 0 Å². The molecule has 1 N–H and O–H groups in total. The number of nitrogens with zero attached hydrogens (tertiary/aromatic N) is 5. The molecule has 4 amide bonds. The highest BCUT2D eigenvalue weighted by atomic mass is 16.6. The number of hydrogen-bond acceptors (Lipinski definition) is 8. The fourth-order valence-corrected chi connectivity index (χ4v) is 4.45. The van der Waals surface area contributed by atoms with Crippen molar-refractivity contribution in [3.05, 3.63) is 45.9 Å². The molecule has 13 nitrogen and oxygen atoms in total. The van der Waals surface area contributed by atoms with Crippen molar-refractivity contribution in [2.45, 2.75) is 71.4 Å². The van der Waals surface area contributed by atoms with Crippen LogP contribution in [0.15, 0.2) is 40.6 Å². The lowest BCUT2D eigenvalue weighted by atomic mass is 10.0. The van der Waals surface area contributed by atoms with Crippen LogP contribution in [0.2, 0.25) is 0 Å². The predicted molar refractivity (Wildman–Crippen MR) is 164 cm³/mol. The maximum absolute atomic E-state index is 13.0. The van der Waals surface area contributed by atoms with E-state index in [1.54, 1.807) is 44.7 Å². The van der Waals surface area contributed by atoms with Crippen LogP contribution in [0.4, 0.5) is 4.79 Å². The summed E-state index contributed by atoms with van der Waals surface area (Å²) in [5, 5.41) is 5.76. The number of rotatable bonds is 16. The first-order chi connectivity index (χ1) is 21.0. The molecule has 0 aromatic heterocycles. The molecule has 0 aromatic carbocycles. The molecule has 2 heterocycles. The van der Waals surface area contributed by atoms with Gasteiger partial charge in [-0.25, -0.2) is 4.79 Å². The summed E-state index contributed by atoms with van der Waals surface area (Å²) in [5.74, 6) is 5.13. The first-order valence-corrected chi connectivity index (χ1v) is 14.8. The number of imide groups is 1. The molecule has 1 fully saturated rings. The predicted octanol–water partition coefficient (Wildman–Crippen LogP) is 3.82. The Morgan fingerprint density at radius 1 is 1.18 bits per heavy atom. The van der Waals surface area contributed by atoms with Crippen LogP contribution >= 0.6 is 0 Å². The zero-order valence-corrected chi connectivity index (χ0v) is 26.2. The first-order valence-electron chi connectivity index (χ1n) is 14.8. The van der Waals surface area contributed by atoms with E-state index in [-0.39, 0.29) is 31.2 Å². The molecule has 2 aliphatic heterocycles. The van der Waals surface area contributed by atoms with Crippen LogP contribution in [0.5, 0.6) is 0 Å². The zero-order valence-electron chi connectivity index (χ0n) is 26.2. The molecular weight excluding hydrogens is 568 g/mol. The van der Waals surface area contributed by atoms with Crippen LogP contribution in [0.1, 0.15) is 59.8 Å². The van der Waals surface area contributed by atoms with E-state index in [4.69, 9.17) is 19.7 Å². The summed E-state index contributed by atoms with van der Waals surface area (Å²) in [5.41, 5.74) is 9.39. The molecule has 0 aromatic rings. The Bertz CT molecular complexity index is 1230. The number of carbonyl (C=O) groups is 4. The minimum absolute atomic E-state index is 0.179. The van der Waals surface area contributed by atoms with Crippen molar-refractivity contribution >= 4 is 23.8 Å². The minimum atomic E-state index is -0.710. The summed E-state index contributed by atoms with van der Waals surface area (Å²) in [4.78, 5) is 55.5. The van der Waals surface area contributed by atoms with Crippen LogP contribution in [-0.2, 0) is 28.6 Å². The Kier molecular flexibility index (Phi) is 15.2. The standard InChI is InChI=1S/C31H44N6O7/c1-6-11-24(25-22-37(29(40)23(25)2)26-13-14-27(38)34-28(26)39)12-7-8-16-36(30(41)44-31(3,4)5)17-21-43-20-10-19-42-18-9-15-33-35-32/h6,11,26H,1,8-10,13-22H2,2-5H3,(H,34,38,39)/b24-11-. The van der Waals surface area contributed by atoms with E-state index < -0.39 is 23.6 Å². The van der Waals surface area contributed by atoms with Crippen LogP contribution < -0.4 is 5.32 Å². The third-order valence-electron chi connectivity index (χ3n) is 6.63. The number of piperidine rings is 1. The van der Waals surface area contributed by atoms with Gasteiger partial charge in [-0.05, 0) is 64.1 Å². The third kappa shape index (κ3) is 12.2. The summed E-state index contributed by atoms with van der Waals surface area (Å²) in [6, 6.07) is -0.710. The Labute approximate surface area is 259 Å². The van der Waals surface area contributed by atoms with Gasteiger partial charge in [-0.15, -0.1) is 0 Å². The average Bonchev–Trinajstić information content (AvgIpc) is 3.24. The molecule has 13 heteroatoms. The van der Waals surface area contributed by atoms with E-state index in [2.05, 4.69) is 33.8 Å². The number of allylic oxidation sites excluding steroid dienone is 2. The van der Waals surface area contributed by atoms with Gasteiger partial charge in [0.25, 0.3) is 5.91 Å². The molecule has 2 aliphatic rings. The van der Waals surface area contributed by atoms with Crippen molar-refractivity contribution in [3.8, 4) is 11.8 Å². The minimum Gasteiger partial charge on any atom is -0.444 e. The normalized spacial score (nSPS) is 17.1. The molecular formula is C31H44N6O7. The van der Waals surface area contributed by atoms with Crippen LogP contribution in [-0.4, -0.2) is 97.9 Å². The van der Waals surface area contributed by atoms with Gasteiger partial charge in [0.05, 0.1) is 6.61 Å². The molecule has 0 bridgehead atoms.